The molecular weight excluding hydrogens is 595 g/mol. The SMILES string of the molecule is CCOC(=O)c1ccc(N(Cc2c(Cl)cccc2Cl)C(=S)NC(=O)c2cccc3c(Br)cccc23)cc1. The van der Waals surface area contributed by atoms with Crippen LogP contribution in [0.1, 0.15) is 33.2 Å². The van der Waals surface area contributed by atoms with Gasteiger partial charge in [-0.1, -0.05) is 69.5 Å². The molecule has 1 N–H and O–H groups in total. The molecule has 0 bridgehead atoms. The third kappa shape index (κ3) is 6.13. The lowest BCUT2D eigenvalue weighted by atomic mass is 10.0. The molecule has 4 rings (SSSR count). The van der Waals surface area contributed by atoms with Gasteiger partial charge in [0.25, 0.3) is 5.91 Å². The van der Waals surface area contributed by atoms with Gasteiger partial charge in [0.15, 0.2) is 5.11 Å². The van der Waals surface area contributed by atoms with Crippen molar-refractivity contribution in [2.75, 3.05) is 11.5 Å². The second kappa shape index (κ2) is 12.0. The Hall–Kier alpha value is -2.97. The molecule has 0 fully saturated rings. The fourth-order valence-electron chi connectivity index (χ4n) is 3.82. The van der Waals surface area contributed by atoms with E-state index in [9.17, 15) is 9.59 Å². The van der Waals surface area contributed by atoms with Crippen molar-refractivity contribution in [3.05, 3.63) is 110 Å². The van der Waals surface area contributed by atoms with Crippen LogP contribution in [-0.2, 0) is 11.3 Å². The summed E-state index contributed by atoms with van der Waals surface area (Å²) in [7, 11) is 0. The number of thiocarbonyl (C=S) groups is 1. The molecule has 0 aliphatic heterocycles. The molecule has 188 valence electrons. The van der Waals surface area contributed by atoms with Crippen LogP contribution in [0, 0.1) is 0 Å². The van der Waals surface area contributed by atoms with E-state index in [-0.39, 0.29) is 24.2 Å². The van der Waals surface area contributed by atoms with Crippen molar-refractivity contribution in [1.29, 1.82) is 0 Å². The fourth-order valence-corrected chi connectivity index (χ4v) is 5.09. The summed E-state index contributed by atoms with van der Waals surface area (Å²) in [6.07, 6.45) is 0. The monoisotopic (exact) mass is 614 g/mol. The number of hydrogen-bond donors (Lipinski definition) is 1. The zero-order chi connectivity index (χ0) is 26.5. The highest BCUT2D eigenvalue weighted by molar-refractivity contribution is 9.10. The first-order chi connectivity index (χ1) is 17.8. The largest absolute Gasteiger partial charge is 0.462 e. The first-order valence-corrected chi connectivity index (χ1v) is 13.3. The summed E-state index contributed by atoms with van der Waals surface area (Å²) in [5.41, 5.74) is 2.16. The number of esters is 1. The normalized spacial score (nSPS) is 10.7. The number of carbonyl (C=O) groups excluding carboxylic acids is 2. The standard InChI is InChI=1S/C28H21BrCl2N2O3S/c1-2-36-27(35)17-12-14-18(15-13-17)33(16-22-24(30)10-5-11-25(22)31)28(37)32-26(34)21-8-3-7-20-19(21)6-4-9-23(20)29/h3-15H,2,16H2,1H3,(H,32,34,37). The van der Waals surface area contributed by atoms with Crippen LogP contribution < -0.4 is 10.2 Å². The smallest absolute Gasteiger partial charge is 0.338 e. The third-order valence-corrected chi connectivity index (χ3v) is 7.37. The maximum atomic E-state index is 13.4. The molecule has 0 heterocycles. The summed E-state index contributed by atoms with van der Waals surface area (Å²) >= 11 is 22.1. The van der Waals surface area contributed by atoms with Gasteiger partial charge in [-0.15, -0.1) is 0 Å². The molecule has 0 unspecified atom stereocenters. The number of halogens is 3. The Morgan fingerprint density at radius 1 is 0.919 bits per heavy atom. The van der Waals surface area contributed by atoms with E-state index in [4.69, 9.17) is 40.2 Å². The lowest BCUT2D eigenvalue weighted by Crippen LogP contribution is -2.42. The topological polar surface area (TPSA) is 58.6 Å². The summed E-state index contributed by atoms with van der Waals surface area (Å²) in [5.74, 6) is -0.778. The van der Waals surface area contributed by atoms with Gasteiger partial charge in [0.1, 0.15) is 0 Å². The summed E-state index contributed by atoms with van der Waals surface area (Å²) in [6.45, 7) is 2.22. The molecule has 0 atom stereocenters. The average molecular weight is 616 g/mol. The minimum atomic E-state index is -0.423. The lowest BCUT2D eigenvalue weighted by molar-refractivity contribution is 0.0526. The van der Waals surface area contributed by atoms with E-state index < -0.39 is 5.97 Å². The first-order valence-electron chi connectivity index (χ1n) is 11.3. The van der Waals surface area contributed by atoms with Crippen LogP contribution in [0.25, 0.3) is 10.8 Å². The van der Waals surface area contributed by atoms with E-state index in [0.29, 0.717) is 32.4 Å². The van der Waals surface area contributed by atoms with Crippen molar-refractivity contribution in [3.8, 4) is 0 Å². The fraction of sp³-hybridized carbons (Fsp3) is 0.107. The van der Waals surface area contributed by atoms with Crippen LogP contribution in [0.5, 0.6) is 0 Å². The lowest BCUT2D eigenvalue weighted by Gasteiger charge is -2.27. The second-order valence-electron chi connectivity index (χ2n) is 7.95. The predicted molar refractivity (Wildman–Crippen MR) is 157 cm³/mol. The number of benzene rings is 4. The Balaban J connectivity index is 1.67. The molecule has 0 radical (unpaired) electrons. The molecule has 9 heteroatoms. The molecule has 0 saturated carbocycles. The Labute approximate surface area is 238 Å². The molecule has 1 amide bonds. The van der Waals surface area contributed by atoms with E-state index in [2.05, 4.69) is 21.2 Å². The van der Waals surface area contributed by atoms with Gasteiger partial charge in [-0.3, -0.25) is 10.1 Å². The van der Waals surface area contributed by atoms with Crippen molar-refractivity contribution in [2.24, 2.45) is 0 Å². The van der Waals surface area contributed by atoms with E-state index >= 15 is 0 Å². The minimum absolute atomic E-state index is 0.150. The summed E-state index contributed by atoms with van der Waals surface area (Å²) in [4.78, 5) is 27.2. The Morgan fingerprint density at radius 2 is 1.54 bits per heavy atom. The zero-order valence-corrected chi connectivity index (χ0v) is 23.5. The van der Waals surface area contributed by atoms with Crippen molar-refractivity contribution in [2.45, 2.75) is 13.5 Å². The number of hydrogen-bond acceptors (Lipinski definition) is 4. The number of ether oxygens (including phenoxy) is 1. The molecule has 0 saturated heterocycles. The number of nitrogens with zero attached hydrogens (tertiary/aromatic N) is 1. The molecule has 0 aromatic heterocycles. The van der Waals surface area contributed by atoms with Crippen LogP contribution in [0.3, 0.4) is 0 Å². The predicted octanol–water partition coefficient (Wildman–Crippen LogP) is 7.81. The molecule has 0 spiro atoms. The number of rotatable bonds is 6. The highest BCUT2D eigenvalue weighted by atomic mass is 79.9. The first kappa shape index (κ1) is 27.1. The Morgan fingerprint density at radius 3 is 2.22 bits per heavy atom. The third-order valence-electron chi connectivity index (χ3n) is 5.65. The highest BCUT2D eigenvalue weighted by Crippen LogP contribution is 2.29. The van der Waals surface area contributed by atoms with Gasteiger partial charge >= 0.3 is 5.97 Å². The molecule has 5 nitrogen and oxygen atoms in total. The average Bonchev–Trinajstić information content (AvgIpc) is 2.88. The van der Waals surface area contributed by atoms with Gasteiger partial charge in [0, 0.05) is 31.3 Å². The van der Waals surface area contributed by atoms with Crippen LogP contribution in [0.2, 0.25) is 10.0 Å². The van der Waals surface area contributed by atoms with Crippen molar-refractivity contribution in [1.82, 2.24) is 5.32 Å². The Kier molecular flexibility index (Phi) is 8.82. The highest BCUT2D eigenvalue weighted by Gasteiger charge is 2.21. The summed E-state index contributed by atoms with van der Waals surface area (Å²) < 4.78 is 5.96. The Bertz CT molecular complexity index is 1470. The van der Waals surface area contributed by atoms with Crippen molar-refractivity contribution >= 4 is 84.8 Å². The van der Waals surface area contributed by atoms with E-state index in [1.165, 1.54) is 0 Å². The van der Waals surface area contributed by atoms with Crippen molar-refractivity contribution in [3.63, 3.8) is 0 Å². The molecule has 0 aliphatic carbocycles. The van der Waals surface area contributed by atoms with E-state index in [1.807, 2.05) is 30.3 Å². The van der Waals surface area contributed by atoms with Gasteiger partial charge in [-0.2, -0.15) is 0 Å². The molecule has 4 aromatic carbocycles. The van der Waals surface area contributed by atoms with E-state index in [1.54, 1.807) is 60.4 Å². The summed E-state index contributed by atoms with van der Waals surface area (Å²) in [5, 5.41) is 5.63. The number of carbonyl (C=O) groups is 2. The molecule has 0 aliphatic rings. The molecule has 4 aromatic rings. The van der Waals surface area contributed by atoms with Crippen molar-refractivity contribution < 1.29 is 14.3 Å². The van der Waals surface area contributed by atoms with Gasteiger partial charge in [-0.25, -0.2) is 4.79 Å². The molecular formula is C28H21BrCl2N2O3S. The van der Waals surface area contributed by atoms with Gasteiger partial charge in [0.2, 0.25) is 0 Å². The minimum Gasteiger partial charge on any atom is -0.462 e. The van der Waals surface area contributed by atoms with Crippen LogP contribution in [0.15, 0.2) is 83.3 Å². The van der Waals surface area contributed by atoms with Gasteiger partial charge < -0.3 is 9.64 Å². The number of nitrogens with one attached hydrogen (secondary N) is 1. The van der Waals surface area contributed by atoms with Crippen LogP contribution in [0.4, 0.5) is 5.69 Å². The number of amides is 1. The molecule has 37 heavy (non-hydrogen) atoms. The second-order valence-corrected chi connectivity index (χ2v) is 10.0. The number of fused-ring (bicyclic) bond motifs is 1. The van der Waals surface area contributed by atoms with Gasteiger partial charge in [-0.05, 0) is 78.4 Å². The maximum Gasteiger partial charge on any atom is 0.338 e. The van der Waals surface area contributed by atoms with Gasteiger partial charge in [0.05, 0.1) is 18.7 Å². The van der Waals surface area contributed by atoms with E-state index in [0.717, 1.165) is 15.2 Å². The maximum absolute atomic E-state index is 13.4. The van der Waals surface area contributed by atoms with Crippen LogP contribution in [-0.4, -0.2) is 23.6 Å². The van der Waals surface area contributed by atoms with Crippen LogP contribution >= 0.6 is 51.3 Å². The quantitative estimate of drug-likeness (QED) is 0.177. The number of anilines is 1. The summed E-state index contributed by atoms with van der Waals surface area (Å²) in [6, 6.07) is 23.1. The zero-order valence-electron chi connectivity index (χ0n) is 19.6.